The standard InChI is InChI=1S/C26H23ClN4O/c1-32-25-10-8-20(12-23(25)27)15-31-26-21(16-29-14-18-5-3-2-4-6-18)17-30-24-9-7-19(13-28)11-22(24)26/h2-12,17,29H,14-16H2,1H3,(H,30,31). The summed E-state index contributed by atoms with van der Waals surface area (Å²) in [7, 11) is 1.60. The monoisotopic (exact) mass is 442 g/mol. The lowest BCUT2D eigenvalue weighted by Gasteiger charge is -2.16. The average Bonchev–Trinajstić information content (AvgIpc) is 2.83. The molecule has 160 valence electrons. The minimum absolute atomic E-state index is 0.572. The van der Waals surface area contributed by atoms with Crippen LogP contribution in [0.5, 0.6) is 5.75 Å². The van der Waals surface area contributed by atoms with Crippen LogP contribution in [0.3, 0.4) is 0 Å². The Morgan fingerprint density at radius 1 is 0.969 bits per heavy atom. The van der Waals surface area contributed by atoms with Crippen LogP contribution in [-0.4, -0.2) is 12.1 Å². The predicted octanol–water partition coefficient (Wildman–Crippen LogP) is 5.67. The number of aromatic nitrogens is 1. The number of anilines is 1. The highest BCUT2D eigenvalue weighted by Gasteiger charge is 2.11. The van der Waals surface area contributed by atoms with Gasteiger partial charge in [0.1, 0.15) is 5.75 Å². The number of nitrogens with one attached hydrogen (secondary N) is 2. The van der Waals surface area contributed by atoms with Gasteiger partial charge in [0.25, 0.3) is 0 Å². The maximum absolute atomic E-state index is 9.38. The second-order valence-corrected chi connectivity index (χ2v) is 7.82. The minimum atomic E-state index is 0.572. The Morgan fingerprint density at radius 2 is 1.81 bits per heavy atom. The fourth-order valence-corrected chi connectivity index (χ4v) is 3.87. The molecule has 0 saturated carbocycles. The van der Waals surface area contributed by atoms with E-state index in [1.54, 1.807) is 13.2 Å². The van der Waals surface area contributed by atoms with Gasteiger partial charge in [0.05, 0.1) is 29.3 Å². The third kappa shape index (κ3) is 5.00. The lowest BCUT2D eigenvalue weighted by molar-refractivity contribution is 0.415. The molecule has 1 aromatic heterocycles. The van der Waals surface area contributed by atoms with E-state index >= 15 is 0 Å². The van der Waals surface area contributed by atoms with Crippen molar-refractivity contribution in [1.82, 2.24) is 10.3 Å². The third-order valence-electron chi connectivity index (χ3n) is 5.25. The van der Waals surface area contributed by atoms with E-state index in [9.17, 15) is 5.26 Å². The molecule has 0 aliphatic rings. The Morgan fingerprint density at radius 3 is 2.56 bits per heavy atom. The van der Waals surface area contributed by atoms with Crippen LogP contribution in [-0.2, 0) is 19.6 Å². The van der Waals surface area contributed by atoms with Crippen LogP contribution in [0.1, 0.15) is 22.3 Å². The van der Waals surface area contributed by atoms with Gasteiger partial charge in [-0.25, -0.2) is 0 Å². The number of fused-ring (bicyclic) bond motifs is 1. The van der Waals surface area contributed by atoms with E-state index in [4.69, 9.17) is 16.3 Å². The largest absolute Gasteiger partial charge is 0.495 e. The van der Waals surface area contributed by atoms with Gasteiger partial charge < -0.3 is 15.4 Å². The summed E-state index contributed by atoms with van der Waals surface area (Å²) >= 11 is 6.30. The van der Waals surface area contributed by atoms with Gasteiger partial charge in [0.15, 0.2) is 0 Å². The Hall–Kier alpha value is -3.59. The van der Waals surface area contributed by atoms with Gasteiger partial charge in [-0.3, -0.25) is 4.98 Å². The number of nitriles is 1. The second-order valence-electron chi connectivity index (χ2n) is 7.41. The van der Waals surface area contributed by atoms with E-state index in [2.05, 4.69) is 33.8 Å². The van der Waals surface area contributed by atoms with Crippen LogP contribution in [0.15, 0.2) is 72.9 Å². The number of rotatable bonds is 8. The van der Waals surface area contributed by atoms with Gasteiger partial charge in [-0.05, 0) is 41.5 Å². The number of benzene rings is 3. The first-order chi connectivity index (χ1) is 15.7. The molecule has 4 rings (SSSR count). The molecule has 4 aromatic rings. The van der Waals surface area contributed by atoms with Crippen molar-refractivity contribution in [3.63, 3.8) is 0 Å². The normalized spacial score (nSPS) is 10.7. The Bertz CT molecular complexity index is 1270. The van der Waals surface area contributed by atoms with Crippen LogP contribution >= 0.6 is 11.6 Å². The summed E-state index contributed by atoms with van der Waals surface area (Å²) in [6, 6.07) is 23.8. The molecule has 0 spiro atoms. The van der Waals surface area contributed by atoms with E-state index in [-0.39, 0.29) is 0 Å². The topological polar surface area (TPSA) is 70.0 Å². The number of pyridine rings is 1. The molecule has 0 aliphatic heterocycles. The highest BCUT2D eigenvalue weighted by Crippen LogP contribution is 2.29. The highest BCUT2D eigenvalue weighted by atomic mass is 35.5. The summed E-state index contributed by atoms with van der Waals surface area (Å²) in [5.74, 6) is 0.647. The molecule has 0 amide bonds. The quantitative estimate of drug-likeness (QED) is 0.368. The Labute approximate surface area is 192 Å². The molecule has 0 unspecified atom stereocenters. The van der Waals surface area contributed by atoms with Crippen LogP contribution in [0.25, 0.3) is 10.9 Å². The molecule has 0 bridgehead atoms. The summed E-state index contributed by atoms with van der Waals surface area (Å²) < 4.78 is 5.25. The molecule has 5 nitrogen and oxygen atoms in total. The van der Waals surface area contributed by atoms with Crippen molar-refractivity contribution in [3.8, 4) is 11.8 Å². The fourth-order valence-electron chi connectivity index (χ4n) is 3.59. The Balaban J connectivity index is 1.61. The van der Waals surface area contributed by atoms with E-state index in [0.717, 1.165) is 34.3 Å². The number of methoxy groups -OCH3 is 1. The molecule has 32 heavy (non-hydrogen) atoms. The minimum Gasteiger partial charge on any atom is -0.495 e. The zero-order chi connectivity index (χ0) is 22.3. The van der Waals surface area contributed by atoms with E-state index in [0.29, 0.717) is 29.4 Å². The molecule has 0 atom stereocenters. The molecule has 3 aromatic carbocycles. The fraction of sp³-hybridized carbons (Fsp3) is 0.154. The second kappa shape index (κ2) is 10.1. The summed E-state index contributed by atoms with van der Waals surface area (Å²) in [5, 5.41) is 17.9. The maximum atomic E-state index is 9.38. The maximum Gasteiger partial charge on any atom is 0.137 e. The summed E-state index contributed by atoms with van der Waals surface area (Å²) in [6.45, 7) is 1.97. The molecule has 0 fully saturated rings. The Kier molecular flexibility index (Phi) is 6.86. The molecule has 1 heterocycles. The molecule has 6 heteroatoms. The molecule has 0 radical (unpaired) electrons. The average molecular weight is 443 g/mol. The van der Waals surface area contributed by atoms with Crippen molar-refractivity contribution in [2.24, 2.45) is 0 Å². The lowest BCUT2D eigenvalue weighted by Crippen LogP contribution is -2.15. The summed E-state index contributed by atoms with van der Waals surface area (Å²) in [4.78, 5) is 4.61. The van der Waals surface area contributed by atoms with E-state index in [1.165, 1.54) is 5.56 Å². The number of hydrogen-bond acceptors (Lipinski definition) is 5. The number of nitrogens with zero attached hydrogens (tertiary/aromatic N) is 2. The number of hydrogen-bond donors (Lipinski definition) is 2. The SMILES string of the molecule is COc1ccc(CNc2c(CNCc3ccccc3)cnc3ccc(C#N)cc23)cc1Cl. The van der Waals surface area contributed by atoms with Crippen LogP contribution < -0.4 is 15.4 Å². The predicted molar refractivity (Wildman–Crippen MR) is 129 cm³/mol. The molecule has 0 saturated heterocycles. The first kappa shape index (κ1) is 21.6. The smallest absolute Gasteiger partial charge is 0.137 e. The number of ether oxygens (including phenoxy) is 1. The molecular formula is C26H23ClN4O. The zero-order valence-corrected chi connectivity index (χ0v) is 18.5. The van der Waals surface area contributed by atoms with Crippen molar-refractivity contribution in [1.29, 1.82) is 5.26 Å². The molecular weight excluding hydrogens is 420 g/mol. The van der Waals surface area contributed by atoms with Gasteiger partial charge in [-0.1, -0.05) is 48.0 Å². The van der Waals surface area contributed by atoms with E-state index in [1.807, 2.05) is 54.7 Å². The lowest BCUT2D eigenvalue weighted by atomic mass is 10.1. The van der Waals surface area contributed by atoms with Crippen LogP contribution in [0.4, 0.5) is 5.69 Å². The van der Waals surface area contributed by atoms with Crippen molar-refractivity contribution in [2.45, 2.75) is 19.6 Å². The summed E-state index contributed by atoms with van der Waals surface area (Å²) in [6.07, 6.45) is 1.88. The molecule has 2 N–H and O–H groups in total. The van der Waals surface area contributed by atoms with Gasteiger partial charge in [-0.2, -0.15) is 5.26 Å². The van der Waals surface area contributed by atoms with Gasteiger partial charge in [0, 0.05) is 42.5 Å². The van der Waals surface area contributed by atoms with Crippen LogP contribution in [0.2, 0.25) is 5.02 Å². The highest BCUT2D eigenvalue weighted by molar-refractivity contribution is 6.32. The van der Waals surface area contributed by atoms with Gasteiger partial charge in [0.2, 0.25) is 0 Å². The summed E-state index contributed by atoms with van der Waals surface area (Å²) in [5.41, 5.74) is 5.67. The number of halogens is 1. The van der Waals surface area contributed by atoms with Crippen molar-refractivity contribution in [3.05, 3.63) is 100 Å². The van der Waals surface area contributed by atoms with Gasteiger partial charge in [-0.15, -0.1) is 0 Å². The van der Waals surface area contributed by atoms with Gasteiger partial charge >= 0.3 is 0 Å². The first-order valence-corrected chi connectivity index (χ1v) is 10.7. The van der Waals surface area contributed by atoms with Crippen molar-refractivity contribution < 1.29 is 4.74 Å². The third-order valence-corrected chi connectivity index (χ3v) is 5.54. The zero-order valence-electron chi connectivity index (χ0n) is 17.7. The van der Waals surface area contributed by atoms with Crippen LogP contribution in [0, 0.1) is 11.3 Å². The van der Waals surface area contributed by atoms with E-state index < -0.39 is 0 Å². The van der Waals surface area contributed by atoms with Crippen molar-refractivity contribution in [2.75, 3.05) is 12.4 Å². The first-order valence-electron chi connectivity index (χ1n) is 10.3. The molecule has 0 aliphatic carbocycles. The van der Waals surface area contributed by atoms with Crippen molar-refractivity contribution >= 4 is 28.2 Å².